The standard InChI is InChI=1S/C39H48BrN3O8/c1-5-7-16-30(45)41-25(3)33(26-14-10-8-11-15-26)50-38(48)31-32-36(46)43(22-12-9-13-23-44)35(39(32)24-29(40)34(31)51-39)37(47)42(21-6-2)27-17-19-28(49-4)20-18-27/h5-6,8,10-11,14-15,17-20,25,29,31-35,44H,1-2,7,9,12-13,16,21-24H2,3-4H3,(H,41,45)/t25-,29?,31-,32+,33-,34-,35-,39+/m0/s1. The highest BCUT2D eigenvalue weighted by atomic mass is 79.9. The number of ether oxygens (including phenoxy) is 3. The number of benzene rings is 2. The second-order valence-corrected chi connectivity index (χ2v) is 14.5. The van der Waals surface area contributed by atoms with Crippen LogP contribution in [0.15, 0.2) is 79.9 Å². The van der Waals surface area contributed by atoms with Crippen LogP contribution in [0, 0.1) is 11.8 Å². The third kappa shape index (κ3) is 7.78. The number of fused-ring (bicyclic) bond motifs is 1. The Labute approximate surface area is 308 Å². The van der Waals surface area contributed by atoms with Crippen molar-refractivity contribution in [2.75, 3.05) is 31.7 Å². The molecule has 0 radical (unpaired) electrons. The molecular weight excluding hydrogens is 718 g/mol. The lowest BCUT2D eigenvalue weighted by molar-refractivity contribution is -0.162. The minimum atomic E-state index is -1.30. The van der Waals surface area contributed by atoms with Crippen LogP contribution in [0.4, 0.5) is 5.69 Å². The van der Waals surface area contributed by atoms with E-state index in [4.69, 9.17) is 14.2 Å². The number of anilines is 1. The smallest absolute Gasteiger partial charge is 0.313 e. The summed E-state index contributed by atoms with van der Waals surface area (Å²) in [5, 5.41) is 12.4. The Morgan fingerprint density at radius 1 is 1.12 bits per heavy atom. The summed E-state index contributed by atoms with van der Waals surface area (Å²) in [5.74, 6) is -2.85. The Morgan fingerprint density at radius 2 is 1.84 bits per heavy atom. The molecule has 3 amide bonds. The van der Waals surface area contributed by atoms with Crippen molar-refractivity contribution in [3.05, 3.63) is 85.5 Å². The fraction of sp³-hybridized carbons (Fsp3) is 0.487. The molecule has 2 aromatic carbocycles. The number of nitrogens with one attached hydrogen (secondary N) is 1. The molecule has 51 heavy (non-hydrogen) atoms. The van der Waals surface area contributed by atoms with Crippen molar-refractivity contribution in [1.82, 2.24) is 10.2 Å². The summed E-state index contributed by atoms with van der Waals surface area (Å²) in [7, 11) is 1.56. The molecule has 274 valence electrons. The lowest BCUT2D eigenvalue weighted by Gasteiger charge is -2.37. The molecule has 0 saturated carbocycles. The van der Waals surface area contributed by atoms with Crippen molar-refractivity contribution >= 4 is 45.3 Å². The highest BCUT2D eigenvalue weighted by molar-refractivity contribution is 9.09. The number of methoxy groups -OCH3 is 1. The van der Waals surface area contributed by atoms with Crippen LogP contribution < -0.4 is 15.0 Å². The van der Waals surface area contributed by atoms with Gasteiger partial charge in [0.05, 0.1) is 31.1 Å². The monoisotopic (exact) mass is 765 g/mol. The zero-order valence-electron chi connectivity index (χ0n) is 29.2. The van der Waals surface area contributed by atoms with E-state index in [-0.39, 0.29) is 48.7 Å². The molecule has 2 bridgehead atoms. The first kappa shape index (κ1) is 38.2. The normalized spacial score (nSPS) is 25.8. The number of nitrogens with zero attached hydrogens (tertiary/aromatic N) is 2. The molecule has 0 aliphatic carbocycles. The van der Waals surface area contributed by atoms with Crippen molar-refractivity contribution in [3.63, 3.8) is 0 Å². The van der Waals surface area contributed by atoms with Crippen LogP contribution in [0.5, 0.6) is 5.75 Å². The van der Waals surface area contributed by atoms with Crippen molar-refractivity contribution in [2.45, 2.75) is 80.2 Å². The average molecular weight is 767 g/mol. The summed E-state index contributed by atoms with van der Waals surface area (Å²) >= 11 is 3.74. The maximum absolute atomic E-state index is 14.8. The molecule has 2 N–H and O–H groups in total. The van der Waals surface area contributed by atoms with Crippen molar-refractivity contribution in [3.8, 4) is 5.75 Å². The zero-order valence-corrected chi connectivity index (χ0v) is 30.8. The number of aliphatic hydroxyl groups excluding tert-OH is 1. The minimum Gasteiger partial charge on any atom is -0.497 e. The minimum absolute atomic E-state index is 0.0210. The second kappa shape index (κ2) is 17.0. The number of hydrogen-bond donors (Lipinski definition) is 2. The molecule has 3 aliphatic heterocycles. The van der Waals surface area contributed by atoms with Gasteiger partial charge in [-0.25, -0.2) is 0 Å². The highest BCUT2D eigenvalue weighted by Crippen LogP contribution is 2.60. The summed E-state index contributed by atoms with van der Waals surface area (Å²) in [4.78, 5) is 59.4. The van der Waals surface area contributed by atoms with Gasteiger partial charge in [0.1, 0.15) is 23.5 Å². The summed E-state index contributed by atoms with van der Waals surface area (Å²) in [6, 6.07) is 14.6. The van der Waals surface area contributed by atoms with Crippen molar-refractivity contribution in [2.24, 2.45) is 11.8 Å². The lowest BCUT2D eigenvalue weighted by atomic mass is 9.70. The number of carbonyl (C=O) groups excluding carboxylic acids is 4. The zero-order chi connectivity index (χ0) is 36.7. The molecule has 3 aliphatic rings. The molecule has 11 nitrogen and oxygen atoms in total. The van der Waals surface area contributed by atoms with Crippen LogP contribution in [0.2, 0.25) is 0 Å². The number of likely N-dealkylation sites (tertiary alicyclic amines) is 1. The van der Waals surface area contributed by atoms with Gasteiger partial charge in [-0.15, -0.1) is 13.2 Å². The second-order valence-electron chi connectivity index (χ2n) is 13.4. The van der Waals surface area contributed by atoms with Gasteiger partial charge in [-0.05, 0) is 68.9 Å². The number of esters is 1. The van der Waals surface area contributed by atoms with Gasteiger partial charge in [-0.2, -0.15) is 0 Å². The van der Waals surface area contributed by atoms with E-state index in [9.17, 15) is 24.3 Å². The van der Waals surface area contributed by atoms with Gasteiger partial charge in [-0.3, -0.25) is 19.2 Å². The van der Waals surface area contributed by atoms with E-state index in [1.165, 1.54) is 0 Å². The van der Waals surface area contributed by atoms with Gasteiger partial charge in [0.2, 0.25) is 11.8 Å². The molecule has 3 fully saturated rings. The summed E-state index contributed by atoms with van der Waals surface area (Å²) < 4.78 is 18.3. The van der Waals surface area contributed by atoms with E-state index in [1.807, 2.05) is 30.3 Å². The third-order valence-corrected chi connectivity index (χ3v) is 10.9. The number of amides is 3. The molecule has 0 aromatic heterocycles. The predicted octanol–water partition coefficient (Wildman–Crippen LogP) is 4.88. The fourth-order valence-electron chi connectivity index (χ4n) is 7.79. The molecule has 1 unspecified atom stereocenters. The van der Waals surface area contributed by atoms with E-state index >= 15 is 0 Å². The van der Waals surface area contributed by atoms with Gasteiger partial charge in [0.15, 0.2) is 0 Å². The van der Waals surface area contributed by atoms with Gasteiger partial charge < -0.3 is 34.4 Å². The maximum Gasteiger partial charge on any atom is 0.313 e. The maximum atomic E-state index is 14.8. The third-order valence-electron chi connectivity index (χ3n) is 10.1. The Bertz CT molecular complexity index is 1570. The van der Waals surface area contributed by atoms with E-state index in [1.54, 1.807) is 60.3 Å². The summed E-state index contributed by atoms with van der Waals surface area (Å²) in [5.41, 5.74) is -0.0128. The van der Waals surface area contributed by atoms with E-state index in [2.05, 4.69) is 34.4 Å². The lowest BCUT2D eigenvalue weighted by Crippen LogP contribution is -2.57. The number of halogens is 1. The Kier molecular flexibility index (Phi) is 12.8. The molecule has 5 rings (SSSR count). The van der Waals surface area contributed by atoms with E-state index < -0.39 is 47.7 Å². The molecule has 1 spiro atoms. The molecule has 8 atom stereocenters. The fourth-order valence-corrected chi connectivity index (χ4v) is 8.73. The molecule has 2 aromatic rings. The first-order valence-electron chi connectivity index (χ1n) is 17.6. The molecule has 3 heterocycles. The summed E-state index contributed by atoms with van der Waals surface area (Å²) in [6.45, 7) is 9.79. The van der Waals surface area contributed by atoms with Crippen LogP contribution in [-0.4, -0.2) is 89.1 Å². The summed E-state index contributed by atoms with van der Waals surface area (Å²) in [6.07, 6.45) is 4.58. The number of allylic oxidation sites excluding steroid dienone is 1. The topological polar surface area (TPSA) is 135 Å². The predicted molar refractivity (Wildman–Crippen MR) is 196 cm³/mol. The first-order chi connectivity index (χ1) is 24.6. The SMILES string of the molecule is C=CCCC(=O)N[C@@H](C)[C@H](OC(=O)[C@@H]1[C@H]2O[C@@]3(CC2Br)[C@H](C(=O)N(CC=C)c2ccc(OC)cc2)N(CCCCCO)C(=O)[C@@H]13)c1ccccc1. The van der Waals surface area contributed by atoms with Crippen LogP contribution in [0.3, 0.4) is 0 Å². The molecule has 3 saturated heterocycles. The van der Waals surface area contributed by atoms with Crippen molar-refractivity contribution in [1.29, 1.82) is 0 Å². The number of alkyl halides is 1. The first-order valence-corrected chi connectivity index (χ1v) is 18.5. The van der Waals surface area contributed by atoms with E-state index in [0.29, 0.717) is 49.1 Å². The number of aliphatic hydroxyl groups is 1. The quantitative estimate of drug-likeness (QED) is 0.0950. The molecular formula is C39H48BrN3O8. The number of rotatable bonds is 18. The van der Waals surface area contributed by atoms with E-state index in [0.717, 1.165) is 0 Å². The van der Waals surface area contributed by atoms with Gasteiger partial charge in [-0.1, -0.05) is 58.4 Å². The Hall–Kier alpha value is -4.00. The highest BCUT2D eigenvalue weighted by Gasteiger charge is 2.77. The number of hydrogen-bond acceptors (Lipinski definition) is 8. The molecule has 12 heteroatoms. The average Bonchev–Trinajstić information content (AvgIpc) is 3.73. The van der Waals surface area contributed by atoms with Crippen LogP contribution in [0.25, 0.3) is 0 Å². The van der Waals surface area contributed by atoms with Crippen molar-refractivity contribution < 1.29 is 38.5 Å². The Morgan fingerprint density at radius 3 is 2.49 bits per heavy atom. The Balaban J connectivity index is 1.49. The van der Waals surface area contributed by atoms with Crippen LogP contribution in [-0.2, 0) is 28.7 Å². The van der Waals surface area contributed by atoms with Gasteiger partial charge in [0.25, 0.3) is 5.91 Å². The van der Waals surface area contributed by atoms with Gasteiger partial charge in [0, 0.05) is 36.6 Å². The van der Waals surface area contributed by atoms with Crippen LogP contribution in [0.1, 0.15) is 57.1 Å². The largest absolute Gasteiger partial charge is 0.497 e. The van der Waals surface area contributed by atoms with Crippen LogP contribution >= 0.6 is 15.9 Å². The van der Waals surface area contributed by atoms with Gasteiger partial charge >= 0.3 is 5.97 Å². The number of unbranched alkanes of at least 4 members (excludes halogenated alkanes) is 2. The number of carbonyl (C=O) groups is 4.